The molecule has 0 aliphatic heterocycles. The van der Waals surface area contributed by atoms with Gasteiger partial charge in [-0.1, -0.05) is 40.3 Å². The summed E-state index contributed by atoms with van der Waals surface area (Å²) < 4.78 is 0. The highest BCUT2D eigenvalue weighted by Crippen LogP contribution is 2.08. The summed E-state index contributed by atoms with van der Waals surface area (Å²) in [6.45, 7) is 14.0. The first-order valence-electron chi connectivity index (χ1n) is 4.48. The van der Waals surface area contributed by atoms with Gasteiger partial charge in [-0.3, -0.25) is 4.99 Å². The van der Waals surface area contributed by atoms with Crippen LogP contribution in [0.1, 0.15) is 33.6 Å². The van der Waals surface area contributed by atoms with E-state index in [0.717, 1.165) is 24.1 Å². The molecular weight excluding hydrogens is 146 g/mol. The molecule has 0 atom stereocenters. The van der Waals surface area contributed by atoms with Gasteiger partial charge in [-0.15, -0.1) is 0 Å². The lowest BCUT2D eigenvalue weighted by Gasteiger charge is -2.02. The lowest BCUT2D eigenvalue weighted by Crippen LogP contribution is -1.90. The van der Waals surface area contributed by atoms with Crippen LogP contribution in [-0.4, -0.2) is 6.21 Å². The van der Waals surface area contributed by atoms with Crippen molar-refractivity contribution in [1.29, 1.82) is 0 Å². The van der Waals surface area contributed by atoms with Crippen LogP contribution in [0.3, 0.4) is 0 Å². The molecular formula is C11H19N. The van der Waals surface area contributed by atoms with Crippen LogP contribution in [0, 0.1) is 5.92 Å². The van der Waals surface area contributed by atoms with Gasteiger partial charge in [0.2, 0.25) is 0 Å². The zero-order valence-corrected chi connectivity index (χ0v) is 8.43. The standard InChI is InChI=1S/C11H19N/c1-6-7-10(4)8-12-11(5)9(2)3/h8-9H,4-7H2,1-3H3. The molecule has 0 aromatic heterocycles. The van der Waals surface area contributed by atoms with Gasteiger partial charge in [0, 0.05) is 11.9 Å². The van der Waals surface area contributed by atoms with Crippen molar-refractivity contribution in [2.45, 2.75) is 33.6 Å². The monoisotopic (exact) mass is 165 g/mol. The van der Waals surface area contributed by atoms with E-state index >= 15 is 0 Å². The van der Waals surface area contributed by atoms with E-state index in [0.29, 0.717) is 5.92 Å². The number of aliphatic imine (C=N–C) groups is 1. The molecule has 0 N–H and O–H groups in total. The number of hydrogen-bond acceptors (Lipinski definition) is 1. The Labute approximate surface area is 75.9 Å². The average Bonchev–Trinajstić information content (AvgIpc) is 2.00. The van der Waals surface area contributed by atoms with Gasteiger partial charge in [-0.05, 0) is 17.9 Å². The summed E-state index contributed by atoms with van der Waals surface area (Å²) in [7, 11) is 0. The summed E-state index contributed by atoms with van der Waals surface area (Å²) in [6.07, 6.45) is 3.97. The second-order valence-electron chi connectivity index (χ2n) is 3.31. The van der Waals surface area contributed by atoms with E-state index in [9.17, 15) is 0 Å². The third-order valence-electron chi connectivity index (χ3n) is 1.65. The number of nitrogens with zero attached hydrogens (tertiary/aromatic N) is 1. The Hall–Kier alpha value is -0.850. The number of allylic oxidation sites excluding steroid dienone is 2. The van der Waals surface area contributed by atoms with E-state index < -0.39 is 0 Å². The van der Waals surface area contributed by atoms with Gasteiger partial charge >= 0.3 is 0 Å². The Morgan fingerprint density at radius 1 is 1.42 bits per heavy atom. The fraction of sp³-hybridized carbons (Fsp3) is 0.545. The Morgan fingerprint density at radius 2 is 2.00 bits per heavy atom. The largest absolute Gasteiger partial charge is 0.261 e. The fourth-order valence-corrected chi connectivity index (χ4v) is 0.709. The summed E-state index contributed by atoms with van der Waals surface area (Å²) in [5.41, 5.74) is 2.01. The summed E-state index contributed by atoms with van der Waals surface area (Å²) in [6, 6.07) is 0. The van der Waals surface area contributed by atoms with Gasteiger partial charge in [0.15, 0.2) is 0 Å². The maximum atomic E-state index is 4.22. The van der Waals surface area contributed by atoms with E-state index in [1.54, 1.807) is 0 Å². The first kappa shape index (κ1) is 11.2. The zero-order chi connectivity index (χ0) is 9.56. The zero-order valence-electron chi connectivity index (χ0n) is 8.43. The van der Waals surface area contributed by atoms with Crippen LogP contribution in [-0.2, 0) is 0 Å². The van der Waals surface area contributed by atoms with E-state index in [1.165, 1.54) is 0 Å². The molecule has 0 saturated carbocycles. The normalized spacial score (nSPS) is 11.0. The van der Waals surface area contributed by atoms with Crippen LogP contribution in [0.15, 0.2) is 29.4 Å². The number of rotatable bonds is 5. The highest BCUT2D eigenvalue weighted by Gasteiger charge is 1.95. The molecule has 0 saturated heterocycles. The molecule has 68 valence electrons. The van der Waals surface area contributed by atoms with Crippen molar-refractivity contribution >= 4 is 6.21 Å². The fourth-order valence-electron chi connectivity index (χ4n) is 0.709. The van der Waals surface area contributed by atoms with E-state index in [-0.39, 0.29) is 0 Å². The van der Waals surface area contributed by atoms with Crippen LogP contribution >= 0.6 is 0 Å². The van der Waals surface area contributed by atoms with Gasteiger partial charge in [0.05, 0.1) is 0 Å². The second-order valence-corrected chi connectivity index (χ2v) is 3.31. The van der Waals surface area contributed by atoms with E-state index in [4.69, 9.17) is 0 Å². The lowest BCUT2D eigenvalue weighted by atomic mass is 10.1. The van der Waals surface area contributed by atoms with Crippen molar-refractivity contribution in [3.63, 3.8) is 0 Å². The topological polar surface area (TPSA) is 12.4 Å². The molecule has 12 heavy (non-hydrogen) atoms. The van der Waals surface area contributed by atoms with E-state index in [1.807, 2.05) is 6.21 Å². The van der Waals surface area contributed by atoms with Crippen molar-refractivity contribution in [2.75, 3.05) is 0 Å². The molecule has 0 aliphatic carbocycles. The Balaban J connectivity index is 3.90. The predicted octanol–water partition coefficient (Wildman–Crippen LogP) is 3.58. The minimum atomic E-state index is 0.427. The van der Waals surface area contributed by atoms with Crippen molar-refractivity contribution in [3.8, 4) is 0 Å². The highest BCUT2D eigenvalue weighted by molar-refractivity contribution is 5.78. The Kier molecular flexibility index (Phi) is 5.35. The van der Waals surface area contributed by atoms with E-state index in [2.05, 4.69) is 38.9 Å². The summed E-state index contributed by atoms with van der Waals surface area (Å²) >= 11 is 0. The lowest BCUT2D eigenvalue weighted by molar-refractivity contribution is 0.763. The molecule has 0 bridgehead atoms. The van der Waals surface area contributed by atoms with Crippen molar-refractivity contribution < 1.29 is 0 Å². The molecule has 0 fully saturated rings. The smallest absolute Gasteiger partial charge is 0.0357 e. The van der Waals surface area contributed by atoms with Crippen molar-refractivity contribution in [1.82, 2.24) is 0 Å². The molecule has 0 aromatic carbocycles. The van der Waals surface area contributed by atoms with Gasteiger partial charge < -0.3 is 0 Å². The Bertz CT molecular complexity index is 187. The number of hydrogen-bond donors (Lipinski definition) is 0. The second kappa shape index (κ2) is 5.76. The minimum Gasteiger partial charge on any atom is -0.261 e. The molecule has 0 aliphatic rings. The minimum absolute atomic E-state index is 0.427. The van der Waals surface area contributed by atoms with Gasteiger partial charge in [-0.25, -0.2) is 0 Å². The maximum Gasteiger partial charge on any atom is 0.0357 e. The average molecular weight is 165 g/mol. The highest BCUT2D eigenvalue weighted by atomic mass is 14.7. The molecule has 0 aromatic rings. The third-order valence-corrected chi connectivity index (χ3v) is 1.65. The van der Waals surface area contributed by atoms with Crippen LogP contribution in [0.5, 0.6) is 0 Å². The molecule has 0 heterocycles. The first-order chi connectivity index (χ1) is 5.57. The van der Waals surface area contributed by atoms with Gasteiger partial charge in [-0.2, -0.15) is 0 Å². The SMILES string of the molecule is C=C(C=NC(=C)C(C)C)CCC. The van der Waals surface area contributed by atoms with Crippen molar-refractivity contribution in [2.24, 2.45) is 10.9 Å². The summed E-state index contributed by atoms with van der Waals surface area (Å²) in [5.74, 6) is 0.427. The predicted molar refractivity (Wildman–Crippen MR) is 56.5 cm³/mol. The molecule has 0 spiro atoms. The van der Waals surface area contributed by atoms with Crippen LogP contribution in [0.4, 0.5) is 0 Å². The quantitative estimate of drug-likeness (QED) is 0.552. The van der Waals surface area contributed by atoms with Gasteiger partial charge in [0.1, 0.15) is 0 Å². The van der Waals surface area contributed by atoms with Gasteiger partial charge in [0.25, 0.3) is 0 Å². The summed E-state index contributed by atoms with van der Waals surface area (Å²) in [5, 5.41) is 0. The Morgan fingerprint density at radius 3 is 2.42 bits per heavy atom. The van der Waals surface area contributed by atoms with Crippen LogP contribution in [0.2, 0.25) is 0 Å². The molecule has 0 rings (SSSR count). The summed E-state index contributed by atoms with van der Waals surface area (Å²) in [4.78, 5) is 4.22. The maximum absolute atomic E-state index is 4.22. The molecule has 0 radical (unpaired) electrons. The molecule has 1 nitrogen and oxygen atoms in total. The molecule has 0 unspecified atom stereocenters. The molecule has 0 amide bonds. The van der Waals surface area contributed by atoms with Crippen LogP contribution in [0.25, 0.3) is 0 Å². The third kappa shape index (κ3) is 4.89. The molecule has 1 heteroatoms. The first-order valence-corrected chi connectivity index (χ1v) is 4.48. The van der Waals surface area contributed by atoms with Crippen molar-refractivity contribution in [3.05, 3.63) is 24.4 Å². The van der Waals surface area contributed by atoms with Crippen LogP contribution < -0.4 is 0 Å².